The van der Waals surface area contributed by atoms with E-state index in [1.165, 1.54) is 18.7 Å². The van der Waals surface area contributed by atoms with Gasteiger partial charge in [-0.2, -0.15) is 0 Å². The van der Waals surface area contributed by atoms with E-state index in [0.717, 1.165) is 17.0 Å². The first-order valence-corrected chi connectivity index (χ1v) is 7.65. The summed E-state index contributed by atoms with van der Waals surface area (Å²) in [7, 11) is 0. The van der Waals surface area contributed by atoms with Crippen LogP contribution < -0.4 is 10.6 Å². The highest BCUT2D eigenvalue weighted by Gasteiger charge is 2.15. The molecule has 0 spiro atoms. The molecule has 0 heterocycles. The van der Waals surface area contributed by atoms with Crippen molar-refractivity contribution in [1.29, 1.82) is 0 Å². The fraction of sp³-hybridized carbons (Fsp3) is 0.467. The van der Waals surface area contributed by atoms with Gasteiger partial charge in [-0.1, -0.05) is 6.92 Å². The Kier molecular flexibility index (Phi) is 6.58. The first kappa shape index (κ1) is 16.6. The monoisotopic (exact) mass is 294 g/mol. The highest BCUT2D eigenvalue weighted by atomic mass is 32.2. The summed E-state index contributed by atoms with van der Waals surface area (Å²) in [6, 6.07) is 7.69. The van der Waals surface area contributed by atoms with Gasteiger partial charge in [-0.3, -0.25) is 9.59 Å². The Labute approximate surface area is 124 Å². The lowest BCUT2D eigenvalue weighted by atomic mass is 10.2. The van der Waals surface area contributed by atoms with Gasteiger partial charge in [0.05, 0.1) is 5.25 Å². The lowest BCUT2D eigenvalue weighted by molar-refractivity contribution is -0.121. The molecule has 0 fully saturated rings. The third-order valence-corrected chi connectivity index (χ3v) is 3.97. The molecule has 1 rings (SSSR count). The molecule has 0 bridgehead atoms. The summed E-state index contributed by atoms with van der Waals surface area (Å²) in [5.41, 5.74) is 0.763. The first-order chi connectivity index (χ1) is 9.42. The molecule has 0 aliphatic carbocycles. The van der Waals surface area contributed by atoms with Crippen molar-refractivity contribution in [1.82, 2.24) is 5.32 Å². The largest absolute Gasteiger partial charge is 0.353 e. The van der Waals surface area contributed by atoms with Gasteiger partial charge in [0.25, 0.3) is 0 Å². The molecule has 0 aliphatic rings. The van der Waals surface area contributed by atoms with Gasteiger partial charge in [0.1, 0.15) is 0 Å². The van der Waals surface area contributed by atoms with Crippen molar-refractivity contribution in [3.05, 3.63) is 24.3 Å². The molecule has 20 heavy (non-hydrogen) atoms. The minimum absolute atomic E-state index is 0.0512. The van der Waals surface area contributed by atoms with Crippen LogP contribution >= 0.6 is 11.8 Å². The smallest absolute Gasteiger partial charge is 0.233 e. The van der Waals surface area contributed by atoms with E-state index in [1.807, 2.05) is 45.0 Å². The predicted molar refractivity (Wildman–Crippen MR) is 84.0 cm³/mol. The summed E-state index contributed by atoms with van der Waals surface area (Å²) in [5.74, 6) is -0.0398. The van der Waals surface area contributed by atoms with Crippen LogP contribution in [0.15, 0.2) is 29.2 Å². The number of hydrogen-bond acceptors (Lipinski definition) is 3. The van der Waals surface area contributed by atoms with Gasteiger partial charge in [-0.15, -0.1) is 11.8 Å². The topological polar surface area (TPSA) is 58.2 Å². The second-order valence-corrected chi connectivity index (χ2v) is 6.20. The molecule has 0 aromatic heterocycles. The predicted octanol–water partition coefficient (Wildman–Crippen LogP) is 3.04. The summed E-state index contributed by atoms with van der Waals surface area (Å²) in [4.78, 5) is 23.9. The Morgan fingerprint density at radius 3 is 2.30 bits per heavy atom. The Morgan fingerprint density at radius 1 is 1.20 bits per heavy atom. The second-order valence-electron chi connectivity index (χ2n) is 4.78. The van der Waals surface area contributed by atoms with Crippen LogP contribution in [0.25, 0.3) is 0 Å². The lowest BCUT2D eigenvalue weighted by Crippen LogP contribution is -2.37. The average Bonchev–Trinajstić information content (AvgIpc) is 2.40. The Bertz CT molecular complexity index is 459. The molecule has 1 aromatic carbocycles. The molecule has 2 N–H and O–H groups in total. The van der Waals surface area contributed by atoms with Gasteiger partial charge in [-0.05, 0) is 44.5 Å². The van der Waals surface area contributed by atoms with E-state index in [0.29, 0.717) is 0 Å². The number of rotatable bonds is 6. The van der Waals surface area contributed by atoms with Crippen molar-refractivity contribution >= 4 is 29.3 Å². The van der Waals surface area contributed by atoms with E-state index in [9.17, 15) is 9.59 Å². The average molecular weight is 294 g/mol. The molecule has 2 amide bonds. The minimum atomic E-state index is -0.143. The van der Waals surface area contributed by atoms with Crippen LogP contribution in [-0.4, -0.2) is 23.1 Å². The van der Waals surface area contributed by atoms with Crippen LogP contribution in [0.2, 0.25) is 0 Å². The molecule has 0 saturated carbocycles. The number of anilines is 1. The molecule has 4 nitrogen and oxygen atoms in total. The zero-order chi connectivity index (χ0) is 15.1. The summed E-state index contributed by atoms with van der Waals surface area (Å²) in [5, 5.41) is 5.54. The summed E-state index contributed by atoms with van der Waals surface area (Å²) in [6.45, 7) is 7.41. The van der Waals surface area contributed by atoms with E-state index in [-0.39, 0.29) is 23.1 Å². The Morgan fingerprint density at radius 2 is 1.80 bits per heavy atom. The fourth-order valence-electron chi connectivity index (χ4n) is 1.54. The third-order valence-electron chi connectivity index (χ3n) is 2.86. The number of benzene rings is 1. The van der Waals surface area contributed by atoms with Gasteiger partial charge in [-0.25, -0.2) is 0 Å². The molecule has 5 heteroatoms. The van der Waals surface area contributed by atoms with Crippen LogP contribution in [0.1, 0.15) is 34.1 Å². The quantitative estimate of drug-likeness (QED) is 0.793. The molecule has 0 aliphatic heterocycles. The SMILES string of the molecule is CCC(C)NC(=O)C(C)Sc1ccc(NC(C)=O)cc1. The molecular weight excluding hydrogens is 272 g/mol. The number of amides is 2. The van der Waals surface area contributed by atoms with E-state index < -0.39 is 0 Å². The van der Waals surface area contributed by atoms with Crippen LogP contribution in [0.4, 0.5) is 5.69 Å². The molecule has 1 aromatic rings. The summed E-state index contributed by atoms with van der Waals surface area (Å²) in [6.07, 6.45) is 0.925. The van der Waals surface area contributed by atoms with E-state index in [1.54, 1.807) is 0 Å². The van der Waals surface area contributed by atoms with Crippen molar-refractivity contribution in [3.63, 3.8) is 0 Å². The standard InChI is InChI=1S/C15H22N2O2S/c1-5-10(2)16-15(19)11(3)20-14-8-6-13(7-9-14)17-12(4)18/h6-11H,5H2,1-4H3,(H,16,19)(H,17,18). The van der Waals surface area contributed by atoms with Crippen LogP contribution in [-0.2, 0) is 9.59 Å². The zero-order valence-corrected chi connectivity index (χ0v) is 13.2. The van der Waals surface area contributed by atoms with Crippen molar-refractivity contribution < 1.29 is 9.59 Å². The maximum absolute atomic E-state index is 11.9. The van der Waals surface area contributed by atoms with Crippen LogP contribution in [0.3, 0.4) is 0 Å². The third kappa shape index (κ3) is 5.65. The second kappa shape index (κ2) is 7.94. The van der Waals surface area contributed by atoms with Gasteiger partial charge in [0, 0.05) is 23.5 Å². The Hall–Kier alpha value is -1.49. The van der Waals surface area contributed by atoms with Crippen molar-refractivity contribution in [2.75, 3.05) is 5.32 Å². The number of carbonyl (C=O) groups is 2. The molecule has 110 valence electrons. The normalized spacial score (nSPS) is 13.4. The van der Waals surface area contributed by atoms with Gasteiger partial charge < -0.3 is 10.6 Å². The molecule has 0 saturated heterocycles. The first-order valence-electron chi connectivity index (χ1n) is 6.77. The van der Waals surface area contributed by atoms with E-state index in [4.69, 9.17) is 0 Å². The molecule has 0 radical (unpaired) electrons. The number of thioether (sulfide) groups is 1. The Balaban J connectivity index is 2.55. The maximum atomic E-state index is 11.9. The van der Waals surface area contributed by atoms with Gasteiger partial charge in [0.15, 0.2) is 0 Å². The molecule has 2 atom stereocenters. The summed E-state index contributed by atoms with van der Waals surface area (Å²) >= 11 is 1.51. The van der Waals surface area contributed by atoms with Crippen LogP contribution in [0, 0.1) is 0 Å². The van der Waals surface area contributed by atoms with Crippen molar-refractivity contribution in [3.8, 4) is 0 Å². The van der Waals surface area contributed by atoms with E-state index >= 15 is 0 Å². The number of carbonyl (C=O) groups excluding carboxylic acids is 2. The summed E-state index contributed by atoms with van der Waals surface area (Å²) < 4.78 is 0. The lowest BCUT2D eigenvalue weighted by Gasteiger charge is -2.16. The fourth-order valence-corrected chi connectivity index (χ4v) is 2.42. The van der Waals surface area contributed by atoms with Crippen molar-refractivity contribution in [2.45, 2.75) is 50.3 Å². The minimum Gasteiger partial charge on any atom is -0.353 e. The van der Waals surface area contributed by atoms with Crippen LogP contribution in [0.5, 0.6) is 0 Å². The maximum Gasteiger partial charge on any atom is 0.233 e. The number of nitrogens with one attached hydrogen (secondary N) is 2. The molecule has 2 unspecified atom stereocenters. The van der Waals surface area contributed by atoms with E-state index in [2.05, 4.69) is 10.6 Å². The van der Waals surface area contributed by atoms with Crippen molar-refractivity contribution in [2.24, 2.45) is 0 Å². The molecular formula is C15H22N2O2S. The highest BCUT2D eigenvalue weighted by molar-refractivity contribution is 8.00. The highest BCUT2D eigenvalue weighted by Crippen LogP contribution is 2.24. The van der Waals surface area contributed by atoms with Gasteiger partial charge in [0.2, 0.25) is 11.8 Å². The van der Waals surface area contributed by atoms with Gasteiger partial charge >= 0.3 is 0 Å². The zero-order valence-electron chi connectivity index (χ0n) is 12.4. The number of hydrogen-bond donors (Lipinski definition) is 2.